The molecule has 0 saturated heterocycles. The predicted octanol–water partition coefficient (Wildman–Crippen LogP) is 3.05. The van der Waals surface area contributed by atoms with E-state index in [-0.39, 0.29) is 12.6 Å². The molecule has 0 unspecified atom stereocenters. The Balaban J connectivity index is 2.21. The first-order chi connectivity index (χ1) is 13.7. The van der Waals surface area contributed by atoms with Crippen molar-refractivity contribution in [3.8, 4) is 11.5 Å². The van der Waals surface area contributed by atoms with Crippen molar-refractivity contribution in [2.24, 2.45) is 0 Å². The van der Waals surface area contributed by atoms with Crippen molar-refractivity contribution in [2.45, 2.75) is 26.3 Å². The van der Waals surface area contributed by atoms with E-state index in [0.717, 1.165) is 27.4 Å². The summed E-state index contributed by atoms with van der Waals surface area (Å²) in [5.74, 6) is 0.895. The van der Waals surface area contributed by atoms with Crippen LogP contribution in [0.2, 0.25) is 0 Å². The van der Waals surface area contributed by atoms with Crippen molar-refractivity contribution in [2.75, 3.05) is 31.3 Å². The standard InChI is InChI=1S/C21H28N2O5S/c1-6-19(16-10-11-20(28-4)15(2)12-16)22-21(24)14-23(29(5,25)26)17-8-7-9-18(13-17)27-3/h7-13,19H,6,14H2,1-5H3,(H,22,24)/t19-/m0/s1. The van der Waals surface area contributed by atoms with Crippen LogP contribution in [0.3, 0.4) is 0 Å². The van der Waals surface area contributed by atoms with Gasteiger partial charge in [0.25, 0.3) is 0 Å². The van der Waals surface area contributed by atoms with Crippen LogP contribution in [0.5, 0.6) is 11.5 Å². The fourth-order valence-corrected chi connectivity index (χ4v) is 3.92. The Hall–Kier alpha value is -2.74. The molecule has 0 spiro atoms. The number of carbonyl (C=O) groups is 1. The van der Waals surface area contributed by atoms with Crippen molar-refractivity contribution in [3.63, 3.8) is 0 Å². The van der Waals surface area contributed by atoms with E-state index in [4.69, 9.17) is 9.47 Å². The molecule has 0 aromatic heterocycles. The van der Waals surface area contributed by atoms with E-state index in [2.05, 4.69) is 5.32 Å². The molecule has 0 heterocycles. The van der Waals surface area contributed by atoms with Gasteiger partial charge in [0.15, 0.2) is 0 Å². The van der Waals surface area contributed by atoms with Crippen LogP contribution in [0.15, 0.2) is 42.5 Å². The van der Waals surface area contributed by atoms with E-state index in [1.807, 2.05) is 32.0 Å². The highest BCUT2D eigenvalue weighted by Gasteiger charge is 2.23. The Morgan fingerprint density at radius 3 is 2.41 bits per heavy atom. The van der Waals surface area contributed by atoms with Crippen LogP contribution in [0.1, 0.15) is 30.5 Å². The van der Waals surface area contributed by atoms with Gasteiger partial charge in [-0.15, -0.1) is 0 Å². The minimum Gasteiger partial charge on any atom is -0.497 e. The number of hydrogen-bond donors (Lipinski definition) is 1. The van der Waals surface area contributed by atoms with Gasteiger partial charge in [0.05, 0.1) is 32.2 Å². The molecule has 2 aromatic rings. The van der Waals surface area contributed by atoms with Gasteiger partial charge in [-0.1, -0.05) is 25.1 Å². The summed E-state index contributed by atoms with van der Waals surface area (Å²) in [7, 11) is -0.551. The molecule has 2 rings (SSSR count). The van der Waals surface area contributed by atoms with Crippen LogP contribution in [0.25, 0.3) is 0 Å². The minimum absolute atomic E-state index is 0.237. The highest BCUT2D eigenvalue weighted by Crippen LogP contribution is 2.25. The molecule has 0 bridgehead atoms. The number of anilines is 1. The van der Waals surface area contributed by atoms with Crippen LogP contribution in [0.4, 0.5) is 5.69 Å². The maximum absolute atomic E-state index is 12.7. The van der Waals surface area contributed by atoms with Gasteiger partial charge in [0.1, 0.15) is 18.0 Å². The van der Waals surface area contributed by atoms with Crippen LogP contribution < -0.4 is 19.1 Å². The average Bonchev–Trinajstić information content (AvgIpc) is 2.69. The Bertz CT molecular complexity index is 959. The van der Waals surface area contributed by atoms with E-state index >= 15 is 0 Å². The highest BCUT2D eigenvalue weighted by atomic mass is 32.2. The first kappa shape index (κ1) is 22.5. The molecule has 0 aliphatic heterocycles. The monoisotopic (exact) mass is 420 g/mol. The molecule has 8 heteroatoms. The fourth-order valence-electron chi connectivity index (χ4n) is 3.08. The van der Waals surface area contributed by atoms with Gasteiger partial charge in [0, 0.05) is 6.07 Å². The average molecular weight is 421 g/mol. The molecule has 0 aliphatic carbocycles. The lowest BCUT2D eigenvalue weighted by Crippen LogP contribution is -2.41. The van der Waals surface area contributed by atoms with E-state index in [9.17, 15) is 13.2 Å². The van der Waals surface area contributed by atoms with E-state index < -0.39 is 15.9 Å². The summed E-state index contributed by atoms with van der Waals surface area (Å²) in [4.78, 5) is 12.7. The molecule has 0 saturated carbocycles. The van der Waals surface area contributed by atoms with Gasteiger partial charge in [-0.25, -0.2) is 8.42 Å². The van der Waals surface area contributed by atoms with Crippen LogP contribution in [-0.2, 0) is 14.8 Å². The maximum Gasteiger partial charge on any atom is 0.241 e. The quantitative estimate of drug-likeness (QED) is 0.674. The maximum atomic E-state index is 12.7. The molecule has 7 nitrogen and oxygen atoms in total. The SMILES string of the molecule is CC[C@H](NC(=O)CN(c1cccc(OC)c1)S(C)(=O)=O)c1ccc(OC)c(C)c1. The second kappa shape index (κ2) is 9.65. The number of amides is 1. The van der Waals surface area contributed by atoms with Gasteiger partial charge < -0.3 is 14.8 Å². The Morgan fingerprint density at radius 1 is 1.14 bits per heavy atom. The minimum atomic E-state index is -3.66. The van der Waals surface area contributed by atoms with Crippen molar-refractivity contribution in [1.82, 2.24) is 5.32 Å². The molecule has 1 atom stereocenters. The third kappa shape index (κ3) is 5.87. The van der Waals surface area contributed by atoms with Gasteiger partial charge in [-0.05, 0) is 42.7 Å². The number of carbonyl (C=O) groups excluding carboxylic acids is 1. The van der Waals surface area contributed by atoms with E-state index in [1.165, 1.54) is 7.11 Å². The lowest BCUT2D eigenvalue weighted by molar-refractivity contribution is -0.120. The number of aryl methyl sites for hydroxylation is 1. The number of nitrogens with one attached hydrogen (secondary N) is 1. The van der Waals surface area contributed by atoms with E-state index in [1.54, 1.807) is 31.4 Å². The summed E-state index contributed by atoms with van der Waals surface area (Å²) in [6.07, 6.45) is 1.74. The molecular formula is C21H28N2O5S. The summed E-state index contributed by atoms with van der Waals surface area (Å²) >= 11 is 0. The smallest absolute Gasteiger partial charge is 0.241 e. The lowest BCUT2D eigenvalue weighted by atomic mass is 10.0. The zero-order chi connectivity index (χ0) is 21.6. The molecule has 158 valence electrons. The third-order valence-electron chi connectivity index (χ3n) is 4.59. The zero-order valence-corrected chi connectivity index (χ0v) is 18.2. The second-order valence-corrected chi connectivity index (χ2v) is 8.64. The van der Waals surface area contributed by atoms with E-state index in [0.29, 0.717) is 17.9 Å². The summed E-state index contributed by atoms with van der Waals surface area (Å²) in [6, 6.07) is 12.1. The van der Waals surface area contributed by atoms with Gasteiger partial charge in [-0.3, -0.25) is 9.10 Å². The Labute approximate surface area is 172 Å². The largest absolute Gasteiger partial charge is 0.497 e. The number of rotatable bonds is 9. The van der Waals surface area contributed by atoms with Gasteiger partial charge in [-0.2, -0.15) is 0 Å². The molecule has 0 fully saturated rings. The Kier molecular flexibility index (Phi) is 7.50. The third-order valence-corrected chi connectivity index (χ3v) is 5.73. The number of methoxy groups -OCH3 is 2. The normalized spacial score (nSPS) is 12.2. The van der Waals surface area contributed by atoms with Crippen molar-refractivity contribution in [1.29, 1.82) is 0 Å². The molecule has 1 amide bonds. The molecule has 29 heavy (non-hydrogen) atoms. The van der Waals surface area contributed by atoms with Crippen molar-refractivity contribution < 1.29 is 22.7 Å². The lowest BCUT2D eigenvalue weighted by Gasteiger charge is -2.24. The molecule has 2 aromatic carbocycles. The van der Waals surface area contributed by atoms with Crippen molar-refractivity contribution in [3.05, 3.63) is 53.6 Å². The van der Waals surface area contributed by atoms with Gasteiger partial charge in [0.2, 0.25) is 15.9 Å². The number of ether oxygens (including phenoxy) is 2. The summed E-state index contributed by atoms with van der Waals surface area (Å²) in [5, 5.41) is 2.93. The number of sulfonamides is 1. The zero-order valence-electron chi connectivity index (χ0n) is 17.4. The molecule has 0 radical (unpaired) electrons. The van der Waals surface area contributed by atoms with Crippen LogP contribution in [-0.4, -0.2) is 41.3 Å². The molecule has 0 aliphatic rings. The van der Waals surface area contributed by atoms with Crippen molar-refractivity contribution >= 4 is 21.6 Å². The fraction of sp³-hybridized carbons (Fsp3) is 0.381. The second-order valence-electron chi connectivity index (χ2n) is 6.73. The Morgan fingerprint density at radius 2 is 1.86 bits per heavy atom. The number of hydrogen-bond acceptors (Lipinski definition) is 5. The first-order valence-electron chi connectivity index (χ1n) is 9.25. The summed E-state index contributed by atoms with van der Waals surface area (Å²) < 4.78 is 36.1. The highest BCUT2D eigenvalue weighted by molar-refractivity contribution is 7.92. The van der Waals surface area contributed by atoms with Crippen LogP contribution in [0, 0.1) is 6.92 Å². The number of nitrogens with zero attached hydrogens (tertiary/aromatic N) is 1. The molecular weight excluding hydrogens is 392 g/mol. The predicted molar refractivity (Wildman–Crippen MR) is 114 cm³/mol. The number of benzene rings is 2. The summed E-state index contributed by atoms with van der Waals surface area (Å²) in [6.45, 7) is 3.57. The topological polar surface area (TPSA) is 84.9 Å². The molecule has 1 N–H and O–H groups in total. The first-order valence-corrected chi connectivity index (χ1v) is 11.1. The van der Waals surface area contributed by atoms with Gasteiger partial charge >= 0.3 is 0 Å². The summed E-state index contributed by atoms with van der Waals surface area (Å²) in [5.41, 5.74) is 2.27. The van der Waals surface area contributed by atoms with Crippen LogP contribution >= 0.6 is 0 Å².